The molecule has 1 amide bonds. The number of carbonyl (C=O) groups is 1. The zero-order chi connectivity index (χ0) is 16.2. The second kappa shape index (κ2) is 6.77. The lowest BCUT2D eigenvalue weighted by atomic mass is 10.2. The van der Waals surface area contributed by atoms with Gasteiger partial charge in [0, 0.05) is 6.54 Å². The molecule has 8 heteroatoms. The van der Waals surface area contributed by atoms with Gasteiger partial charge in [0.15, 0.2) is 0 Å². The van der Waals surface area contributed by atoms with Gasteiger partial charge in [-0.1, -0.05) is 13.8 Å². The summed E-state index contributed by atoms with van der Waals surface area (Å²) in [6, 6.07) is 4.17. The molecule has 0 aliphatic heterocycles. The third kappa shape index (κ3) is 4.33. The predicted octanol–water partition coefficient (Wildman–Crippen LogP) is 0.409. The molecule has 4 N–H and O–H groups in total. The normalized spacial score (nSPS) is 11.9. The van der Waals surface area contributed by atoms with Gasteiger partial charge in [0.25, 0.3) is 0 Å². The van der Waals surface area contributed by atoms with Crippen molar-refractivity contribution in [1.29, 1.82) is 0 Å². The van der Waals surface area contributed by atoms with Crippen LogP contribution in [-0.4, -0.2) is 38.8 Å². The standard InChI is InChI=1S/C13H21N3O4S/c1-9(2)7-16(8-13(15)17)21(18,19)10-4-5-12(20-3)11(14)6-10/h4-6,9H,7-8,14H2,1-3H3,(H2,15,17). The predicted molar refractivity (Wildman–Crippen MR) is 80.2 cm³/mol. The summed E-state index contributed by atoms with van der Waals surface area (Å²) < 4.78 is 31.2. The summed E-state index contributed by atoms with van der Waals surface area (Å²) in [5.74, 6) is -0.269. The van der Waals surface area contributed by atoms with Crippen LogP contribution in [0.15, 0.2) is 23.1 Å². The highest BCUT2D eigenvalue weighted by Crippen LogP contribution is 2.26. The van der Waals surface area contributed by atoms with Gasteiger partial charge in [-0.25, -0.2) is 8.42 Å². The number of benzene rings is 1. The molecule has 0 saturated heterocycles. The van der Waals surface area contributed by atoms with E-state index in [9.17, 15) is 13.2 Å². The second-order valence-electron chi connectivity index (χ2n) is 5.06. The Morgan fingerprint density at radius 3 is 2.43 bits per heavy atom. The number of anilines is 1. The number of ether oxygens (including phenoxy) is 1. The van der Waals surface area contributed by atoms with Gasteiger partial charge in [0.1, 0.15) is 5.75 Å². The van der Waals surface area contributed by atoms with Gasteiger partial charge in [-0.3, -0.25) is 4.79 Å². The van der Waals surface area contributed by atoms with Gasteiger partial charge in [-0.05, 0) is 24.1 Å². The van der Waals surface area contributed by atoms with E-state index in [-0.39, 0.29) is 29.6 Å². The van der Waals surface area contributed by atoms with Crippen LogP contribution in [0.2, 0.25) is 0 Å². The van der Waals surface area contributed by atoms with Gasteiger partial charge in [0.05, 0.1) is 24.2 Å². The quantitative estimate of drug-likeness (QED) is 0.707. The first-order chi connectivity index (χ1) is 9.68. The molecule has 0 aromatic heterocycles. The molecule has 21 heavy (non-hydrogen) atoms. The second-order valence-corrected chi connectivity index (χ2v) is 7.00. The molecule has 0 unspecified atom stereocenters. The highest BCUT2D eigenvalue weighted by atomic mass is 32.2. The maximum absolute atomic E-state index is 12.6. The van der Waals surface area contributed by atoms with Crippen LogP contribution in [0.1, 0.15) is 13.8 Å². The molecule has 0 bridgehead atoms. The first-order valence-corrected chi connectivity index (χ1v) is 7.84. The first kappa shape index (κ1) is 17.3. The number of sulfonamides is 1. The molecule has 1 rings (SSSR count). The molecule has 0 aliphatic rings. The van der Waals surface area contributed by atoms with Crippen LogP contribution >= 0.6 is 0 Å². The summed E-state index contributed by atoms with van der Waals surface area (Å²) in [6.07, 6.45) is 0. The summed E-state index contributed by atoms with van der Waals surface area (Å²) in [5.41, 5.74) is 11.1. The minimum absolute atomic E-state index is 0.00250. The van der Waals surface area contributed by atoms with Gasteiger partial charge in [0.2, 0.25) is 15.9 Å². The van der Waals surface area contributed by atoms with Crippen molar-refractivity contribution in [1.82, 2.24) is 4.31 Å². The zero-order valence-electron chi connectivity index (χ0n) is 12.4. The smallest absolute Gasteiger partial charge is 0.243 e. The number of carbonyl (C=O) groups excluding carboxylic acids is 1. The topological polar surface area (TPSA) is 116 Å². The number of nitrogens with two attached hydrogens (primary N) is 2. The molecule has 0 aliphatic carbocycles. The van der Waals surface area contributed by atoms with E-state index in [4.69, 9.17) is 16.2 Å². The van der Waals surface area contributed by atoms with E-state index in [2.05, 4.69) is 0 Å². The monoisotopic (exact) mass is 315 g/mol. The molecule has 0 heterocycles. The molecule has 0 spiro atoms. The number of methoxy groups -OCH3 is 1. The Balaban J connectivity index is 3.21. The molecular weight excluding hydrogens is 294 g/mol. The third-order valence-corrected chi connectivity index (χ3v) is 4.55. The van der Waals surface area contributed by atoms with Crippen molar-refractivity contribution in [2.75, 3.05) is 25.9 Å². The zero-order valence-corrected chi connectivity index (χ0v) is 13.2. The van der Waals surface area contributed by atoms with Crippen molar-refractivity contribution in [2.45, 2.75) is 18.7 Å². The van der Waals surface area contributed by atoms with Crippen LogP contribution in [0.3, 0.4) is 0 Å². The van der Waals surface area contributed by atoms with E-state index in [0.29, 0.717) is 5.75 Å². The minimum atomic E-state index is -3.84. The molecule has 0 radical (unpaired) electrons. The van der Waals surface area contributed by atoms with Crippen LogP contribution in [0.25, 0.3) is 0 Å². The number of primary amides is 1. The van der Waals surface area contributed by atoms with Crippen LogP contribution in [0.4, 0.5) is 5.69 Å². The van der Waals surface area contributed by atoms with E-state index in [1.54, 1.807) is 0 Å². The fourth-order valence-electron chi connectivity index (χ4n) is 1.85. The molecule has 0 atom stereocenters. The summed E-state index contributed by atoms with van der Waals surface area (Å²) in [5, 5.41) is 0. The highest BCUT2D eigenvalue weighted by molar-refractivity contribution is 7.89. The number of nitrogen functional groups attached to an aromatic ring is 1. The number of hydrogen-bond acceptors (Lipinski definition) is 5. The third-order valence-electron chi connectivity index (χ3n) is 2.74. The number of amides is 1. The van der Waals surface area contributed by atoms with Crippen LogP contribution < -0.4 is 16.2 Å². The molecular formula is C13H21N3O4S. The maximum atomic E-state index is 12.6. The van der Waals surface area contributed by atoms with Gasteiger partial charge >= 0.3 is 0 Å². The summed E-state index contributed by atoms with van der Waals surface area (Å²) in [6.45, 7) is 3.53. The molecule has 1 aromatic rings. The number of nitrogens with zero attached hydrogens (tertiary/aromatic N) is 1. The number of hydrogen-bond donors (Lipinski definition) is 2. The Morgan fingerprint density at radius 2 is 2.00 bits per heavy atom. The minimum Gasteiger partial charge on any atom is -0.495 e. The van der Waals surface area contributed by atoms with Crippen molar-refractivity contribution >= 4 is 21.6 Å². The van der Waals surface area contributed by atoms with Crippen LogP contribution in [0.5, 0.6) is 5.75 Å². The average Bonchev–Trinajstić information content (AvgIpc) is 2.36. The fourth-order valence-corrected chi connectivity index (χ4v) is 3.46. The molecule has 7 nitrogen and oxygen atoms in total. The van der Waals surface area contributed by atoms with Crippen molar-refractivity contribution < 1.29 is 17.9 Å². The van der Waals surface area contributed by atoms with E-state index < -0.39 is 15.9 Å². The van der Waals surface area contributed by atoms with E-state index in [1.807, 2.05) is 13.8 Å². The molecule has 0 saturated carbocycles. The first-order valence-electron chi connectivity index (χ1n) is 6.40. The lowest BCUT2D eigenvalue weighted by molar-refractivity contribution is -0.118. The Hall–Kier alpha value is -1.80. The lowest BCUT2D eigenvalue weighted by Gasteiger charge is -2.23. The fraction of sp³-hybridized carbons (Fsp3) is 0.462. The summed E-state index contributed by atoms with van der Waals surface area (Å²) in [7, 11) is -2.40. The highest BCUT2D eigenvalue weighted by Gasteiger charge is 2.27. The molecule has 118 valence electrons. The van der Waals surface area contributed by atoms with Crippen molar-refractivity contribution in [3.8, 4) is 5.75 Å². The van der Waals surface area contributed by atoms with E-state index >= 15 is 0 Å². The van der Waals surface area contributed by atoms with Gasteiger partial charge in [-0.15, -0.1) is 0 Å². The van der Waals surface area contributed by atoms with Crippen molar-refractivity contribution in [2.24, 2.45) is 11.7 Å². The Bertz CT molecular complexity index is 614. The average molecular weight is 315 g/mol. The molecule has 0 fully saturated rings. The maximum Gasteiger partial charge on any atom is 0.243 e. The Labute approximate surface area is 124 Å². The summed E-state index contributed by atoms with van der Waals surface area (Å²) >= 11 is 0. The van der Waals surface area contributed by atoms with Crippen molar-refractivity contribution in [3.05, 3.63) is 18.2 Å². The SMILES string of the molecule is COc1ccc(S(=O)(=O)N(CC(N)=O)CC(C)C)cc1N. The number of rotatable bonds is 7. The Kier molecular flexibility index (Phi) is 5.56. The largest absolute Gasteiger partial charge is 0.495 e. The van der Waals surface area contributed by atoms with E-state index in [1.165, 1.54) is 25.3 Å². The van der Waals surface area contributed by atoms with Crippen LogP contribution in [-0.2, 0) is 14.8 Å². The summed E-state index contributed by atoms with van der Waals surface area (Å²) in [4.78, 5) is 11.1. The molecule has 1 aromatic carbocycles. The van der Waals surface area contributed by atoms with Gasteiger partial charge in [-0.2, -0.15) is 4.31 Å². The lowest BCUT2D eigenvalue weighted by Crippen LogP contribution is -2.40. The Morgan fingerprint density at radius 1 is 1.38 bits per heavy atom. The van der Waals surface area contributed by atoms with Crippen molar-refractivity contribution in [3.63, 3.8) is 0 Å². The van der Waals surface area contributed by atoms with Gasteiger partial charge < -0.3 is 16.2 Å². The van der Waals surface area contributed by atoms with E-state index in [0.717, 1.165) is 4.31 Å². The van der Waals surface area contributed by atoms with Crippen LogP contribution in [0, 0.1) is 5.92 Å².